The van der Waals surface area contributed by atoms with Crippen LogP contribution in [-0.4, -0.2) is 60.6 Å². The summed E-state index contributed by atoms with van der Waals surface area (Å²) in [5, 5.41) is 3.05. The van der Waals surface area contributed by atoms with Crippen LogP contribution in [0.2, 0.25) is 23.3 Å². The van der Waals surface area contributed by atoms with Gasteiger partial charge in [0.05, 0.1) is 18.9 Å². The zero-order valence-corrected chi connectivity index (χ0v) is 26.9. The first kappa shape index (κ1) is 30.9. The summed E-state index contributed by atoms with van der Waals surface area (Å²) in [4.78, 5) is 24.7. The van der Waals surface area contributed by atoms with E-state index in [2.05, 4.69) is 54.1 Å². The van der Waals surface area contributed by atoms with Gasteiger partial charge in [-0.1, -0.05) is 25.8 Å². The Kier molecular flexibility index (Phi) is 9.31. The van der Waals surface area contributed by atoms with Crippen LogP contribution in [0.3, 0.4) is 0 Å². The average molecular weight is 595 g/mol. The van der Waals surface area contributed by atoms with Crippen molar-refractivity contribution in [2.24, 2.45) is 5.92 Å². The van der Waals surface area contributed by atoms with Gasteiger partial charge in [-0.05, 0) is 88.2 Å². The molecule has 1 amide bonds. The lowest BCUT2D eigenvalue weighted by Crippen LogP contribution is -2.45. The van der Waals surface area contributed by atoms with Gasteiger partial charge in [0.25, 0.3) is 5.65 Å². The Morgan fingerprint density at radius 2 is 2.00 bits per heavy atom. The highest BCUT2D eigenvalue weighted by atomic mass is 35.5. The highest BCUT2D eigenvalue weighted by Crippen LogP contribution is 2.42. The molecule has 1 aliphatic heterocycles. The number of nitrogens with zero attached hydrogens (tertiary/aromatic N) is 3. The van der Waals surface area contributed by atoms with Crippen molar-refractivity contribution in [3.8, 4) is 0 Å². The number of aromatic amines is 1. The van der Waals surface area contributed by atoms with E-state index in [1.807, 2.05) is 27.0 Å². The van der Waals surface area contributed by atoms with E-state index in [1.54, 1.807) is 10.9 Å². The molecule has 2 fully saturated rings. The molecule has 2 aromatic heterocycles. The molecule has 40 heavy (non-hydrogen) atoms. The van der Waals surface area contributed by atoms with Crippen molar-refractivity contribution in [3.63, 3.8) is 0 Å². The van der Waals surface area contributed by atoms with Crippen molar-refractivity contribution >= 4 is 49.3 Å². The average Bonchev–Trinajstić information content (AvgIpc) is 3.46. The quantitative estimate of drug-likeness (QED) is 0.216. The topological polar surface area (TPSA) is 111 Å². The second kappa shape index (κ2) is 12.0. The van der Waals surface area contributed by atoms with E-state index in [1.165, 1.54) is 0 Å². The number of amides is 1. The molecule has 1 saturated heterocycles. The first-order valence-corrected chi connectivity index (χ1v) is 17.5. The minimum absolute atomic E-state index is 0.00574. The zero-order chi connectivity index (χ0) is 29.3. The number of nitrogens with one attached hydrogen (secondary N) is 2. The van der Waals surface area contributed by atoms with Crippen molar-refractivity contribution in [2.45, 2.75) is 110 Å². The third kappa shape index (κ3) is 7.41. The number of ether oxygens (including phenoxy) is 3. The van der Waals surface area contributed by atoms with Crippen molar-refractivity contribution < 1.29 is 28.0 Å². The molecule has 0 radical (unpaired) electrons. The Balaban J connectivity index is 1.70. The molecule has 0 aromatic carbocycles. The maximum Gasteiger partial charge on any atom is 0.461 e. The minimum Gasteiger partial charge on any atom is -0.435 e. The molecule has 0 bridgehead atoms. The Bertz CT molecular complexity index is 1230. The Hall–Kier alpha value is -2.05. The van der Waals surface area contributed by atoms with Gasteiger partial charge in [0.2, 0.25) is 5.15 Å². The standard InChI is InChI=1S/C28H44ClN5O5Si/c1-27(2,3)38-26(35)33-25-32-23(29)22-24(31-17-30-22)34(25)15-18-12-13-20(39-40(7,8)28(4,5)6)19(18)16-37-21-11-9-10-14-36-21/h15,17,19-21H,9-14,16H2,1-8H3,(H,30,31,32,33,35)/p+1. The lowest BCUT2D eigenvalue weighted by molar-refractivity contribution is -0.528. The SMILES string of the molecule is CC(C)(C)OC(=O)Nc1nc(Cl)c2[nH]cnc2[n+]1C=C1CCC(O[Si](C)(C)C(C)(C)C)C1COC1CCCCO1. The van der Waals surface area contributed by atoms with Crippen molar-refractivity contribution in [3.05, 3.63) is 17.1 Å². The van der Waals surface area contributed by atoms with Crippen LogP contribution in [0.25, 0.3) is 17.4 Å². The molecule has 3 unspecified atom stereocenters. The van der Waals surface area contributed by atoms with Crippen LogP contribution in [0.4, 0.5) is 10.7 Å². The molecular formula is C28H45ClN5O5Si+. The van der Waals surface area contributed by atoms with E-state index >= 15 is 0 Å². The van der Waals surface area contributed by atoms with E-state index in [9.17, 15) is 4.79 Å². The number of imidazole rings is 1. The second-order valence-corrected chi connectivity index (χ2v) is 18.3. The first-order valence-electron chi connectivity index (χ1n) is 14.2. The summed E-state index contributed by atoms with van der Waals surface area (Å²) in [5.41, 5.74) is 1.58. The van der Waals surface area contributed by atoms with Crippen LogP contribution < -0.4 is 9.88 Å². The lowest BCUT2D eigenvalue weighted by atomic mass is 10.0. The maximum atomic E-state index is 12.7. The molecule has 3 heterocycles. The number of hydrogen-bond donors (Lipinski definition) is 2. The summed E-state index contributed by atoms with van der Waals surface area (Å²) < 4.78 is 26.4. The summed E-state index contributed by atoms with van der Waals surface area (Å²) >= 11 is 6.45. The van der Waals surface area contributed by atoms with Crippen molar-refractivity contribution in [1.29, 1.82) is 0 Å². The first-order chi connectivity index (χ1) is 18.6. The second-order valence-electron chi connectivity index (χ2n) is 13.2. The highest BCUT2D eigenvalue weighted by Gasteiger charge is 2.44. The third-order valence-electron chi connectivity index (χ3n) is 7.89. The van der Waals surface area contributed by atoms with E-state index in [-0.39, 0.29) is 34.5 Å². The smallest absolute Gasteiger partial charge is 0.435 e. The summed E-state index contributed by atoms with van der Waals surface area (Å²) in [7, 11) is -2.04. The molecular weight excluding hydrogens is 550 g/mol. The van der Waals surface area contributed by atoms with Crippen molar-refractivity contribution in [2.75, 3.05) is 18.5 Å². The van der Waals surface area contributed by atoms with E-state index in [0.29, 0.717) is 17.8 Å². The fourth-order valence-corrected chi connectivity index (χ4v) is 6.37. The normalized spacial score (nSPS) is 23.6. The van der Waals surface area contributed by atoms with Crippen molar-refractivity contribution in [1.82, 2.24) is 15.0 Å². The molecule has 222 valence electrons. The van der Waals surface area contributed by atoms with E-state index < -0.39 is 20.0 Å². The predicted octanol–water partition coefficient (Wildman–Crippen LogP) is 6.43. The molecule has 10 nitrogen and oxygen atoms in total. The van der Waals surface area contributed by atoms with Crippen LogP contribution in [0, 0.1) is 5.92 Å². The molecule has 4 rings (SSSR count). The fraction of sp³-hybridized carbons (Fsp3) is 0.714. The van der Waals surface area contributed by atoms with Crippen LogP contribution in [-0.2, 0) is 18.6 Å². The van der Waals surface area contributed by atoms with Gasteiger partial charge >= 0.3 is 12.0 Å². The number of rotatable bonds is 7. The lowest BCUT2D eigenvalue weighted by Gasteiger charge is -2.40. The number of hydrogen-bond acceptors (Lipinski definition) is 7. The zero-order valence-electron chi connectivity index (χ0n) is 25.1. The number of anilines is 1. The van der Waals surface area contributed by atoms with Gasteiger partial charge in [0.15, 0.2) is 26.5 Å². The molecule has 12 heteroatoms. The van der Waals surface area contributed by atoms with Gasteiger partial charge in [-0.25, -0.2) is 4.79 Å². The van der Waals surface area contributed by atoms with E-state index in [0.717, 1.165) is 44.3 Å². The van der Waals surface area contributed by atoms with E-state index in [4.69, 9.17) is 30.2 Å². The summed E-state index contributed by atoms with van der Waals surface area (Å²) in [6.07, 6.45) is 7.48. The molecule has 2 aromatic rings. The number of carbonyl (C=O) groups excluding carboxylic acids is 1. The van der Waals surface area contributed by atoms with Crippen LogP contribution in [0.5, 0.6) is 0 Å². The largest absolute Gasteiger partial charge is 0.461 e. The summed E-state index contributed by atoms with van der Waals surface area (Å²) in [5.74, 6) is 0.224. The molecule has 1 aliphatic carbocycles. The van der Waals surface area contributed by atoms with Gasteiger partial charge in [-0.3, -0.25) is 0 Å². The predicted molar refractivity (Wildman–Crippen MR) is 158 cm³/mol. The molecule has 2 aliphatic rings. The Morgan fingerprint density at radius 1 is 1.25 bits per heavy atom. The van der Waals surface area contributed by atoms with Gasteiger partial charge in [0, 0.05) is 12.5 Å². The minimum atomic E-state index is -2.04. The Labute approximate surface area is 243 Å². The maximum absolute atomic E-state index is 12.7. The number of carbonyl (C=O) groups is 1. The molecule has 0 spiro atoms. The fourth-order valence-electron chi connectivity index (χ4n) is 4.75. The number of fused-ring (bicyclic) bond motifs is 1. The van der Waals surface area contributed by atoms with Crippen LogP contribution in [0.15, 0.2) is 11.9 Å². The highest BCUT2D eigenvalue weighted by molar-refractivity contribution is 6.74. The molecule has 2 N–H and O–H groups in total. The van der Waals surface area contributed by atoms with Gasteiger partial charge in [-0.15, -0.1) is 4.98 Å². The number of halogens is 1. The molecule has 3 atom stereocenters. The number of H-pyrrole nitrogens is 1. The third-order valence-corrected chi connectivity index (χ3v) is 12.7. The molecule has 1 saturated carbocycles. The monoisotopic (exact) mass is 594 g/mol. The van der Waals surface area contributed by atoms with Crippen LogP contribution in [0.1, 0.15) is 73.6 Å². The summed E-state index contributed by atoms with van der Waals surface area (Å²) in [6, 6.07) is 0. The Morgan fingerprint density at radius 3 is 2.65 bits per heavy atom. The summed E-state index contributed by atoms with van der Waals surface area (Å²) in [6.45, 7) is 18.0. The van der Waals surface area contributed by atoms with Gasteiger partial charge in [0.1, 0.15) is 5.60 Å². The van der Waals surface area contributed by atoms with Gasteiger partial charge in [-0.2, -0.15) is 9.88 Å². The van der Waals surface area contributed by atoms with Crippen LogP contribution >= 0.6 is 11.6 Å². The van der Waals surface area contributed by atoms with Gasteiger partial charge < -0.3 is 23.6 Å². The number of aromatic nitrogens is 4.